The number of likely N-dealkylation sites (tertiary alicyclic amines) is 1. The van der Waals surface area contributed by atoms with Crippen LogP contribution in [-0.2, 0) is 0 Å². The Morgan fingerprint density at radius 3 is 2.50 bits per heavy atom. The molecule has 2 rings (SSSR count). The molecule has 0 atom stereocenters. The third kappa shape index (κ3) is 4.62. The summed E-state index contributed by atoms with van der Waals surface area (Å²) in [7, 11) is 0. The Balaban J connectivity index is 1.65. The molecule has 1 aliphatic heterocycles. The number of quaternary nitrogens is 1. The molecule has 0 aliphatic carbocycles. The second-order valence-corrected chi connectivity index (χ2v) is 5.90. The Hall–Kier alpha value is -0.540. The average Bonchev–Trinajstić information content (AvgIpc) is 2.65. The maximum atomic E-state index is 5.80. The van der Waals surface area contributed by atoms with Crippen LogP contribution >= 0.6 is 15.9 Å². The monoisotopic (exact) mass is 312 g/mol. The van der Waals surface area contributed by atoms with E-state index in [9.17, 15) is 0 Å². The Bertz CT molecular complexity index is 348. The molecule has 100 valence electrons. The van der Waals surface area contributed by atoms with E-state index < -0.39 is 0 Å². The summed E-state index contributed by atoms with van der Waals surface area (Å²) < 4.78 is 6.85. The Labute approximate surface area is 118 Å². The molecule has 0 bridgehead atoms. The molecule has 0 saturated carbocycles. The lowest BCUT2D eigenvalue weighted by molar-refractivity contribution is -0.899. The number of halogens is 1. The van der Waals surface area contributed by atoms with Crippen LogP contribution in [0.15, 0.2) is 28.7 Å². The van der Waals surface area contributed by atoms with Crippen molar-refractivity contribution >= 4 is 15.9 Å². The maximum absolute atomic E-state index is 5.80. The lowest BCUT2D eigenvalue weighted by atomic mass is 10.2. The normalized spacial score (nSPS) is 17.4. The molecule has 1 aromatic carbocycles. The van der Waals surface area contributed by atoms with Gasteiger partial charge in [-0.05, 0) is 53.7 Å². The molecule has 3 heteroatoms. The van der Waals surface area contributed by atoms with E-state index >= 15 is 0 Å². The third-order valence-corrected chi connectivity index (χ3v) is 4.23. The Morgan fingerprint density at radius 1 is 1.06 bits per heavy atom. The molecule has 0 spiro atoms. The van der Waals surface area contributed by atoms with Crippen molar-refractivity contribution in [1.82, 2.24) is 0 Å². The highest BCUT2D eigenvalue weighted by Crippen LogP contribution is 2.23. The number of benzene rings is 1. The van der Waals surface area contributed by atoms with Gasteiger partial charge in [0.15, 0.2) is 0 Å². The molecule has 1 aromatic rings. The third-order valence-electron chi connectivity index (χ3n) is 3.58. The van der Waals surface area contributed by atoms with Gasteiger partial charge in [0.05, 0.1) is 30.7 Å². The molecule has 1 heterocycles. The summed E-state index contributed by atoms with van der Waals surface area (Å²) in [4.78, 5) is 1.77. The van der Waals surface area contributed by atoms with Crippen LogP contribution in [0, 0.1) is 0 Å². The number of ether oxygens (including phenoxy) is 1. The molecule has 1 aliphatic rings. The number of para-hydroxylation sites is 1. The van der Waals surface area contributed by atoms with Crippen molar-refractivity contribution in [2.45, 2.75) is 32.1 Å². The smallest absolute Gasteiger partial charge is 0.133 e. The van der Waals surface area contributed by atoms with E-state index in [0.29, 0.717) is 0 Å². The van der Waals surface area contributed by atoms with Crippen molar-refractivity contribution in [3.8, 4) is 5.75 Å². The van der Waals surface area contributed by atoms with Gasteiger partial charge in [0, 0.05) is 6.42 Å². The molecule has 18 heavy (non-hydrogen) atoms. The minimum atomic E-state index is 0.826. The van der Waals surface area contributed by atoms with Crippen molar-refractivity contribution in [3.05, 3.63) is 28.7 Å². The Morgan fingerprint density at radius 2 is 1.78 bits per heavy atom. The van der Waals surface area contributed by atoms with Crippen molar-refractivity contribution in [2.75, 3.05) is 26.2 Å². The van der Waals surface area contributed by atoms with E-state index in [4.69, 9.17) is 4.74 Å². The molecule has 0 radical (unpaired) electrons. The van der Waals surface area contributed by atoms with Gasteiger partial charge in [0.25, 0.3) is 0 Å². The zero-order valence-electron chi connectivity index (χ0n) is 11.0. The topological polar surface area (TPSA) is 13.7 Å². The summed E-state index contributed by atoms with van der Waals surface area (Å²) in [5.41, 5.74) is 0. The van der Waals surface area contributed by atoms with Crippen LogP contribution in [0.2, 0.25) is 0 Å². The van der Waals surface area contributed by atoms with Gasteiger partial charge in [-0.3, -0.25) is 0 Å². The molecule has 1 saturated heterocycles. The molecular weight excluding hydrogens is 290 g/mol. The quantitative estimate of drug-likeness (QED) is 0.825. The first-order valence-corrected chi connectivity index (χ1v) is 7.86. The van der Waals surface area contributed by atoms with Gasteiger partial charge in [0.2, 0.25) is 0 Å². The fourth-order valence-electron chi connectivity index (χ4n) is 2.54. The van der Waals surface area contributed by atoms with E-state index in [-0.39, 0.29) is 0 Å². The molecular formula is C15H23BrNO+. The minimum absolute atomic E-state index is 0.826. The fourth-order valence-corrected chi connectivity index (χ4v) is 2.94. The first-order chi connectivity index (χ1) is 8.86. The van der Waals surface area contributed by atoms with E-state index in [1.807, 2.05) is 24.3 Å². The maximum Gasteiger partial charge on any atom is 0.133 e. The van der Waals surface area contributed by atoms with Crippen LogP contribution in [0.25, 0.3) is 0 Å². The van der Waals surface area contributed by atoms with Gasteiger partial charge in [-0.25, -0.2) is 0 Å². The number of hydrogen-bond acceptors (Lipinski definition) is 1. The van der Waals surface area contributed by atoms with Crippen molar-refractivity contribution in [3.63, 3.8) is 0 Å². The van der Waals surface area contributed by atoms with Gasteiger partial charge in [-0.1, -0.05) is 12.1 Å². The van der Waals surface area contributed by atoms with Crippen molar-refractivity contribution < 1.29 is 9.64 Å². The van der Waals surface area contributed by atoms with E-state index in [1.54, 1.807) is 4.90 Å². The molecule has 0 aromatic heterocycles. The standard InChI is InChI=1S/C15H22BrNO/c16-14-8-3-4-9-15(14)18-13-7-12-17-10-5-1-2-6-11-17/h3-4,8-9H,1-2,5-7,10-13H2/p+1. The molecule has 1 fully saturated rings. The van der Waals surface area contributed by atoms with E-state index in [1.165, 1.54) is 45.3 Å². The van der Waals surface area contributed by atoms with E-state index in [0.717, 1.165) is 23.2 Å². The minimum Gasteiger partial charge on any atom is -0.492 e. The van der Waals surface area contributed by atoms with Crippen LogP contribution < -0.4 is 9.64 Å². The van der Waals surface area contributed by atoms with Gasteiger partial charge in [0.1, 0.15) is 5.75 Å². The number of rotatable bonds is 5. The highest BCUT2D eigenvalue weighted by atomic mass is 79.9. The zero-order valence-corrected chi connectivity index (χ0v) is 12.5. The first-order valence-electron chi connectivity index (χ1n) is 7.07. The SMILES string of the molecule is Brc1ccccc1OCCC[NH+]1CCCCCC1. The molecule has 0 unspecified atom stereocenters. The summed E-state index contributed by atoms with van der Waals surface area (Å²) >= 11 is 3.51. The van der Waals surface area contributed by atoms with Crippen molar-refractivity contribution in [2.24, 2.45) is 0 Å². The fraction of sp³-hybridized carbons (Fsp3) is 0.600. The number of nitrogens with one attached hydrogen (secondary N) is 1. The molecule has 1 N–H and O–H groups in total. The summed E-state index contributed by atoms with van der Waals surface area (Å²) in [6.45, 7) is 4.79. The van der Waals surface area contributed by atoms with Crippen LogP contribution in [0.5, 0.6) is 5.75 Å². The van der Waals surface area contributed by atoms with E-state index in [2.05, 4.69) is 15.9 Å². The summed E-state index contributed by atoms with van der Waals surface area (Å²) in [5.74, 6) is 0.961. The highest BCUT2D eigenvalue weighted by Gasteiger charge is 2.11. The van der Waals surface area contributed by atoms with Crippen LogP contribution in [-0.4, -0.2) is 26.2 Å². The van der Waals surface area contributed by atoms with Crippen LogP contribution in [0.4, 0.5) is 0 Å². The van der Waals surface area contributed by atoms with Crippen LogP contribution in [0.1, 0.15) is 32.1 Å². The van der Waals surface area contributed by atoms with Gasteiger partial charge in [-0.15, -0.1) is 0 Å². The van der Waals surface area contributed by atoms with Crippen LogP contribution in [0.3, 0.4) is 0 Å². The van der Waals surface area contributed by atoms with Gasteiger partial charge < -0.3 is 9.64 Å². The second kappa shape index (κ2) is 7.80. The summed E-state index contributed by atoms with van der Waals surface area (Å²) in [6, 6.07) is 8.07. The number of hydrogen-bond donors (Lipinski definition) is 1. The zero-order chi connectivity index (χ0) is 12.6. The van der Waals surface area contributed by atoms with Crippen molar-refractivity contribution in [1.29, 1.82) is 0 Å². The Kier molecular flexibility index (Phi) is 6.01. The van der Waals surface area contributed by atoms with Gasteiger partial charge in [-0.2, -0.15) is 0 Å². The predicted molar refractivity (Wildman–Crippen MR) is 78.3 cm³/mol. The summed E-state index contributed by atoms with van der Waals surface area (Å²) in [5, 5.41) is 0. The molecule has 0 amide bonds. The predicted octanol–water partition coefficient (Wildman–Crippen LogP) is 2.68. The average molecular weight is 313 g/mol. The largest absolute Gasteiger partial charge is 0.492 e. The lowest BCUT2D eigenvalue weighted by Crippen LogP contribution is -3.11. The highest BCUT2D eigenvalue weighted by molar-refractivity contribution is 9.10. The molecule has 2 nitrogen and oxygen atoms in total. The second-order valence-electron chi connectivity index (χ2n) is 5.05. The first kappa shape index (κ1) is 13.9. The lowest BCUT2D eigenvalue weighted by Gasteiger charge is -2.17. The van der Waals surface area contributed by atoms with Gasteiger partial charge >= 0.3 is 0 Å². The summed E-state index contributed by atoms with van der Waals surface area (Å²) in [6.07, 6.45) is 6.81.